The van der Waals surface area contributed by atoms with E-state index in [1.54, 1.807) is 23.1 Å². The molecule has 0 spiro atoms. The lowest BCUT2D eigenvalue weighted by Gasteiger charge is -2.33. The topological polar surface area (TPSA) is 76.1 Å². The Hall–Kier alpha value is -3.28. The quantitative estimate of drug-likeness (QED) is 0.409. The lowest BCUT2D eigenvalue weighted by Crippen LogP contribution is -2.44. The molecule has 0 saturated carbocycles. The van der Waals surface area contributed by atoms with Gasteiger partial charge in [-0.15, -0.1) is 0 Å². The first kappa shape index (κ1) is 22.4. The fourth-order valence-corrected chi connectivity index (χ4v) is 3.69. The first-order valence-electron chi connectivity index (χ1n) is 10.7. The van der Waals surface area contributed by atoms with Gasteiger partial charge in [0, 0.05) is 12.6 Å². The Morgan fingerprint density at radius 3 is 2.65 bits per heavy atom. The Labute approximate surface area is 183 Å². The summed E-state index contributed by atoms with van der Waals surface area (Å²) >= 11 is 0. The zero-order valence-electron chi connectivity index (χ0n) is 18.0. The Balaban J connectivity index is 1.81. The number of ether oxygens (including phenoxy) is 2. The summed E-state index contributed by atoms with van der Waals surface area (Å²) in [7, 11) is 0. The fraction of sp³-hybridized carbons (Fsp3) is 0.360. The zero-order valence-corrected chi connectivity index (χ0v) is 18.0. The highest BCUT2D eigenvalue weighted by Crippen LogP contribution is 2.29. The summed E-state index contributed by atoms with van der Waals surface area (Å²) in [4.78, 5) is 27.3. The van der Waals surface area contributed by atoms with Crippen molar-refractivity contribution in [3.63, 3.8) is 0 Å². The van der Waals surface area contributed by atoms with Crippen molar-refractivity contribution in [2.75, 3.05) is 19.8 Å². The maximum atomic E-state index is 13.0. The van der Waals surface area contributed by atoms with Gasteiger partial charge in [0.15, 0.2) is 18.1 Å². The van der Waals surface area contributed by atoms with Crippen LogP contribution in [0.5, 0.6) is 11.5 Å². The maximum absolute atomic E-state index is 13.0. The van der Waals surface area contributed by atoms with E-state index in [1.165, 1.54) is 6.07 Å². The van der Waals surface area contributed by atoms with Crippen LogP contribution in [0, 0.1) is 0 Å². The summed E-state index contributed by atoms with van der Waals surface area (Å²) in [6.07, 6.45) is 4.73. The van der Waals surface area contributed by atoms with Crippen LogP contribution < -0.4 is 4.74 Å². The first-order chi connectivity index (χ1) is 15.0. The monoisotopic (exact) mass is 423 g/mol. The van der Waals surface area contributed by atoms with Crippen molar-refractivity contribution in [3.8, 4) is 11.5 Å². The number of benzene rings is 2. The summed E-state index contributed by atoms with van der Waals surface area (Å²) in [6.45, 7) is 4.68. The molecule has 1 heterocycles. The lowest BCUT2D eigenvalue weighted by molar-refractivity contribution is -0.149. The Morgan fingerprint density at radius 1 is 1.16 bits per heavy atom. The Morgan fingerprint density at radius 2 is 1.94 bits per heavy atom. The molecule has 2 aromatic rings. The van der Waals surface area contributed by atoms with E-state index in [0.717, 1.165) is 19.3 Å². The average molecular weight is 424 g/mol. The smallest absolute Gasteiger partial charge is 0.339 e. The van der Waals surface area contributed by atoms with Gasteiger partial charge in [0.2, 0.25) is 0 Å². The van der Waals surface area contributed by atoms with Crippen LogP contribution in [-0.4, -0.2) is 47.7 Å². The molecule has 0 aliphatic carbocycles. The van der Waals surface area contributed by atoms with Crippen LogP contribution in [-0.2, 0) is 14.3 Å². The molecule has 2 aromatic carbocycles. The molecule has 31 heavy (non-hydrogen) atoms. The predicted octanol–water partition coefficient (Wildman–Crippen LogP) is 4.28. The molecule has 1 saturated heterocycles. The third kappa shape index (κ3) is 5.87. The second-order valence-electron chi connectivity index (χ2n) is 7.59. The number of amides is 1. The highest BCUT2D eigenvalue weighted by molar-refractivity contribution is 6.21. The van der Waals surface area contributed by atoms with Gasteiger partial charge in [-0.3, -0.25) is 4.79 Å². The predicted molar refractivity (Wildman–Crippen MR) is 120 cm³/mol. The lowest BCUT2D eigenvalue weighted by atomic mass is 10.0. The van der Waals surface area contributed by atoms with E-state index in [0.29, 0.717) is 35.6 Å². The molecule has 1 aliphatic rings. The molecule has 1 amide bonds. The molecule has 1 fully saturated rings. The van der Waals surface area contributed by atoms with E-state index >= 15 is 0 Å². The number of piperidine rings is 1. The Kier molecular flexibility index (Phi) is 7.70. The third-order valence-corrected chi connectivity index (χ3v) is 5.35. The fourth-order valence-electron chi connectivity index (χ4n) is 3.69. The molecular formula is C25H29NO5. The summed E-state index contributed by atoms with van der Waals surface area (Å²) < 4.78 is 10.9. The van der Waals surface area contributed by atoms with E-state index in [1.807, 2.05) is 44.2 Å². The van der Waals surface area contributed by atoms with Crippen LogP contribution in [0.15, 0.2) is 48.5 Å². The number of hydrogen-bond acceptors (Lipinski definition) is 5. The van der Waals surface area contributed by atoms with E-state index in [-0.39, 0.29) is 24.3 Å². The second-order valence-corrected chi connectivity index (χ2v) is 7.59. The number of phenolic OH excluding ortho intramolecular Hbond substituents is 1. The normalized spacial score (nSPS) is 16.6. The molecule has 1 N–H and O–H groups in total. The van der Waals surface area contributed by atoms with Crippen LogP contribution >= 0.6 is 0 Å². The minimum Gasteiger partial charge on any atom is -0.504 e. The van der Waals surface area contributed by atoms with Gasteiger partial charge in [-0.1, -0.05) is 36.4 Å². The zero-order chi connectivity index (χ0) is 22.2. The van der Waals surface area contributed by atoms with Crippen LogP contribution in [0.4, 0.5) is 0 Å². The molecule has 1 aliphatic heterocycles. The highest BCUT2D eigenvalue weighted by Gasteiger charge is 2.24. The molecule has 1 atom stereocenters. The SMILES string of the molecule is CCOc1cc(/C=C(/C(=O)OCC(=O)N2CCCC[C@@H]2C)c2ccccc2)ccc1O. The van der Waals surface area contributed by atoms with Crippen LogP contribution in [0.25, 0.3) is 11.6 Å². The van der Waals surface area contributed by atoms with Gasteiger partial charge in [0.1, 0.15) is 0 Å². The molecule has 3 rings (SSSR count). The molecular weight excluding hydrogens is 394 g/mol. The van der Waals surface area contributed by atoms with Crippen LogP contribution in [0.2, 0.25) is 0 Å². The molecule has 0 unspecified atom stereocenters. The largest absolute Gasteiger partial charge is 0.504 e. The van der Waals surface area contributed by atoms with Gasteiger partial charge in [-0.25, -0.2) is 4.79 Å². The number of carbonyl (C=O) groups is 2. The number of aromatic hydroxyl groups is 1. The standard InChI is InChI=1S/C25H29NO5/c1-3-30-23-16-19(12-13-22(23)27)15-21(20-10-5-4-6-11-20)25(29)31-17-24(28)26-14-8-7-9-18(26)2/h4-6,10-13,15-16,18,27H,3,7-9,14,17H2,1-2H3/b21-15+/t18-/m0/s1. The minimum absolute atomic E-state index is 0.0316. The second kappa shape index (κ2) is 10.7. The van der Waals surface area contributed by atoms with Crippen molar-refractivity contribution >= 4 is 23.5 Å². The van der Waals surface area contributed by atoms with E-state index in [4.69, 9.17) is 9.47 Å². The van der Waals surface area contributed by atoms with Crippen LogP contribution in [0.1, 0.15) is 44.2 Å². The van der Waals surface area contributed by atoms with Crippen LogP contribution in [0.3, 0.4) is 0 Å². The summed E-state index contributed by atoms with van der Waals surface area (Å²) in [5.74, 6) is -0.373. The number of hydrogen-bond donors (Lipinski definition) is 1. The van der Waals surface area contributed by atoms with Crippen molar-refractivity contribution in [2.24, 2.45) is 0 Å². The number of carbonyl (C=O) groups excluding carboxylic acids is 2. The summed E-state index contributed by atoms with van der Waals surface area (Å²) in [5.41, 5.74) is 1.68. The van der Waals surface area contributed by atoms with Gasteiger partial charge in [-0.2, -0.15) is 0 Å². The molecule has 6 heteroatoms. The van der Waals surface area contributed by atoms with Crippen molar-refractivity contribution in [1.29, 1.82) is 0 Å². The van der Waals surface area contributed by atoms with E-state index in [2.05, 4.69) is 0 Å². The summed E-state index contributed by atoms with van der Waals surface area (Å²) in [6, 6.07) is 14.2. The van der Waals surface area contributed by atoms with Gasteiger partial charge in [0.05, 0.1) is 12.2 Å². The first-order valence-corrected chi connectivity index (χ1v) is 10.7. The summed E-state index contributed by atoms with van der Waals surface area (Å²) in [5, 5.41) is 9.94. The van der Waals surface area contributed by atoms with Crippen molar-refractivity contribution in [1.82, 2.24) is 4.90 Å². The highest BCUT2D eigenvalue weighted by atomic mass is 16.5. The number of nitrogens with zero attached hydrogens (tertiary/aromatic N) is 1. The molecule has 0 bridgehead atoms. The number of rotatable bonds is 7. The van der Waals surface area contributed by atoms with Crippen molar-refractivity contribution in [2.45, 2.75) is 39.2 Å². The van der Waals surface area contributed by atoms with Gasteiger partial charge >= 0.3 is 5.97 Å². The third-order valence-electron chi connectivity index (χ3n) is 5.35. The van der Waals surface area contributed by atoms with Crippen molar-refractivity contribution in [3.05, 3.63) is 59.7 Å². The molecule has 0 aromatic heterocycles. The van der Waals surface area contributed by atoms with Gasteiger partial charge in [-0.05, 0) is 62.4 Å². The molecule has 0 radical (unpaired) electrons. The maximum Gasteiger partial charge on any atom is 0.339 e. The van der Waals surface area contributed by atoms with Gasteiger partial charge in [0.25, 0.3) is 5.91 Å². The molecule has 164 valence electrons. The number of esters is 1. The number of phenols is 1. The van der Waals surface area contributed by atoms with Crippen molar-refractivity contribution < 1.29 is 24.2 Å². The van der Waals surface area contributed by atoms with E-state index < -0.39 is 5.97 Å². The van der Waals surface area contributed by atoms with Gasteiger partial charge < -0.3 is 19.5 Å². The van der Waals surface area contributed by atoms with E-state index in [9.17, 15) is 14.7 Å². The average Bonchev–Trinajstić information content (AvgIpc) is 2.78. The minimum atomic E-state index is -0.574. The number of likely N-dealkylation sites (tertiary alicyclic amines) is 1. The molecule has 6 nitrogen and oxygen atoms in total. The Bertz CT molecular complexity index is 938.